The van der Waals surface area contributed by atoms with E-state index in [-0.39, 0.29) is 18.9 Å². The first-order valence-corrected chi connectivity index (χ1v) is 6.81. The summed E-state index contributed by atoms with van der Waals surface area (Å²) in [5.74, 6) is 0.731. The van der Waals surface area contributed by atoms with Crippen molar-refractivity contribution in [1.29, 1.82) is 0 Å². The molecule has 0 unspecified atom stereocenters. The van der Waals surface area contributed by atoms with Crippen LogP contribution in [-0.2, 0) is 17.1 Å². The Bertz CT molecular complexity index is 573. The van der Waals surface area contributed by atoms with E-state index in [9.17, 15) is 9.18 Å². The lowest BCUT2D eigenvalue weighted by atomic mass is 10.4. The Labute approximate surface area is 118 Å². The van der Waals surface area contributed by atoms with Crippen LogP contribution in [0.4, 0.5) is 4.39 Å². The average molecular weight is 296 g/mol. The summed E-state index contributed by atoms with van der Waals surface area (Å²) in [6, 6.07) is 6.18. The third-order valence-electron chi connectivity index (χ3n) is 2.27. The molecule has 0 atom stereocenters. The van der Waals surface area contributed by atoms with E-state index < -0.39 is 5.91 Å². The van der Waals surface area contributed by atoms with Gasteiger partial charge in [-0.3, -0.25) is 10.1 Å². The number of carbonyl (C=O) groups is 1. The number of hydrogen-bond donors (Lipinski definition) is 2. The molecule has 0 saturated heterocycles. The number of hydrogen-bond acceptors (Lipinski definition) is 6. The van der Waals surface area contributed by atoms with Crippen molar-refractivity contribution in [1.82, 2.24) is 15.5 Å². The second kappa shape index (κ2) is 7.01. The number of carbonyl (C=O) groups excluding carboxylic acids is 1. The number of halogens is 1. The minimum absolute atomic E-state index is 0.0576. The molecular weight excluding hydrogens is 283 g/mol. The van der Waals surface area contributed by atoms with Crippen molar-refractivity contribution in [3.63, 3.8) is 0 Å². The highest BCUT2D eigenvalue weighted by Gasteiger charge is 2.07. The van der Waals surface area contributed by atoms with Crippen LogP contribution in [-0.4, -0.2) is 22.6 Å². The summed E-state index contributed by atoms with van der Waals surface area (Å²) in [7, 11) is 0. The van der Waals surface area contributed by atoms with E-state index in [0.717, 1.165) is 4.90 Å². The Balaban J connectivity index is 1.80. The molecular formula is C12H13FN4O2S. The third kappa shape index (κ3) is 4.63. The Morgan fingerprint density at radius 3 is 2.85 bits per heavy atom. The van der Waals surface area contributed by atoms with Crippen molar-refractivity contribution in [2.24, 2.45) is 5.73 Å². The number of nitrogens with two attached hydrogens (primary N) is 1. The number of benzene rings is 1. The molecule has 1 heterocycles. The third-order valence-corrected chi connectivity index (χ3v) is 3.28. The average Bonchev–Trinajstić information content (AvgIpc) is 2.86. The van der Waals surface area contributed by atoms with Crippen LogP contribution < -0.4 is 11.1 Å². The van der Waals surface area contributed by atoms with Gasteiger partial charge in [-0.05, 0) is 24.3 Å². The van der Waals surface area contributed by atoms with Gasteiger partial charge >= 0.3 is 0 Å². The molecule has 1 aromatic heterocycles. The molecule has 8 heteroatoms. The van der Waals surface area contributed by atoms with E-state index in [1.54, 1.807) is 12.1 Å². The van der Waals surface area contributed by atoms with Crippen LogP contribution in [0.5, 0.6) is 0 Å². The molecule has 0 bridgehead atoms. The van der Waals surface area contributed by atoms with Gasteiger partial charge in [-0.2, -0.15) is 4.98 Å². The Hall–Kier alpha value is -1.93. The monoisotopic (exact) mass is 296 g/mol. The van der Waals surface area contributed by atoms with Gasteiger partial charge in [0.05, 0.1) is 18.8 Å². The first-order valence-electron chi connectivity index (χ1n) is 5.82. The largest absolute Gasteiger partial charge is 0.369 e. The standard InChI is InChI=1S/C12H13FN4O2S/c13-8-1-3-9(4-2-8)20-7-11-16-12(19-17-11)6-15-5-10(14)18/h1-4,15H,5-7H2,(H2,14,18). The molecule has 0 aliphatic rings. The van der Waals surface area contributed by atoms with Crippen LogP contribution in [0.25, 0.3) is 0 Å². The van der Waals surface area contributed by atoms with Gasteiger partial charge in [0.1, 0.15) is 5.82 Å². The normalized spacial score (nSPS) is 10.7. The number of rotatable bonds is 7. The molecule has 0 radical (unpaired) electrons. The van der Waals surface area contributed by atoms with E-state index >= 15 is 0 Å². The lowest BCUT2D eigenvalue weighted by Gasteiger charge is -1.97. The van der Waals surface area contributed by atoms with Crippen molar-refractivity contribution in [2.75, 3.05) is 6.54 Å². The minimum Gasteiger partial charge on any atom is -0.369 e. The molecule has 0 spiro atoms. The zero-order valence-electron chi connectivity index (χ0n) is 10.5. The zero-order valence-corrected chi connectivity index (χ0v) is 11.3. The highest BCUT2D eigenvalue weighted by atomic mass is 32.2. The smallest absolute Gasteiger partial charge is 0.240 e. The van der Waals surface area contributed by atoms with Gasteiger partial charge in [0.2, 0.25) is 11.8 Å². The molecule has 1 amide bonds. The molecule has 0 saturated carbocycles. The van der Waals surface area contributed by atoms with Gasteiger partial charge in [-0.1, -0.05) is 5.16 Å². The highest BCUT2D eigenvalue weighted by molar-refractivity contribution is 7.98. The molecule has 0 aliphatic heterocycles. The van der Waals surface area contributed by atoms with Crippen molar-refractivity contribution in [3.8, 4) is 0 Å². The van der Waals surface area contributed by atoms with Crippen molar-refractivity contribution < 1.29 is 13.7 Å². The van der Waals surface area contributed by atoms with Crippen molar-refractivity contribution in [3.05, 3.63) is 41.8 Å². The highest BCUT2D eigenvalue weighted by Crippen LogP contribution is 2.21. The second-order valence-corrected chi connectivity index (χ2v) is 4.97. The lowest BCUT2D eigenvalue weighted by molar-refractivity contribution is -0.117. The number of amides is 1. The van der Waals surface area contributed by atoms with E-state index in [1.807, 2.05) is 0 Å². The van der Waals surface area contributed by atoms with Crippen molar-refractivity contribution in [2.45, 2.75) is 17.2 Å². The molecule has 2 rings (SSSR count). The summed E-state index contributed by atoms with van der Waals surface area (Å²) in [5, 5.41) is 6.58. The summed E-state index contributed by atoms with van der Waals surface area (Å²) in [6.45, 7) is 0.346. The van der Waals surface area contributed by atoms with Crippen LogP contribution in [0.15, 0.2) is 33.7 Å². The molecule has 6 nitrogen and oxygen atoms in total. The molecule has 3 N–H and O–H groups in total. The summed E-state index contributed by atoms with van der Waals surface area (Å²) in [6.07, 6.45) is 0. The van der Waals surface area contributed by atoms with Crippen LogP contribution in [0.1, 0.15) is 11.7 Å². The maximum atomic E-state index is 12.7. The molecule has 1 aromatic carbocycles. The maximum absolute atomic E-state index is 12.7. The minimum atomic E-state index is -0.448. The van der Waals surface area contributed by atoms with Gasteiger partial charge in [-0.25, -0.2) is 4.39 Å². The van der Waals surface area contributed by atoms with Gasteiger partial charge in [0, 0.05) is 4.90 Å². The van der Waals surface area contributed by atoms with E-state index in [4.69, 9.17) is 10.3 Å². The Morgan fingerprint density at radius 2 is 2.15 bits per heavy atom. The van der Waals surface area contributed by atoms with Gasteiger partial charge in [-0.15, -0.1) is 11.8 Å². The topological polar surface area (TPSA) is 94.0 Å². The fourth-order valence-corrected chi connectivity index (χ4v) is 2.13. The van der Waals surface area contributed by atoms with Crippen LogP contribution in [0.2, 0.25) is 0 Å². The summed E-state index contributed by atoms with van der Waals surface area (Å²) in [5.41, 5.74) is 4.99. The molecule has 2 aromatic rings. The van der Waals surface area contributed by atoms with Gasteiger partial charge in [0.25, 0.3) is 0 Å². The first kappa shape index (κ1) is 14.5. The number of aromatic nitrogens is 2. The predicted molar refractivity (Wildman–Crippen MR) is 71.2 cm³/mol. The van der Waals surface area contributed by atoms with Crippen LogP contribution in [0.3, 0.4) is 0 Å². The zero-order chi connectivity index (χ0) is 14.4. The second-order valence-electron chi connectivity index (χ2n) is 3.92. The van der Waals surface area contributed by atoms with Crippen LogP contribution >= 0.6 is 11.8 Å². The quantitative estimate of drug-likeness (QED) is 0.742. The van der Waals surface area contributed by atoms with Crippen molar-refractivity contribution >= 4 is 17.7 Å². The lowest BCUT2D eigenvalue weighted by Crippen LogP contribution is -2.28. The van der Waals surface area contributed by atoms with Gasteiger partial charge in [0.15, 0.2) is 5.82 Å². The Kier molecular flexibility index (Phi) is 5.08. The molecule has 0 fully saturated rings. The number of thioether (sulfide) groups is 1. The predicted octanol–water partition coefficient (Wildman–Crippen LogP) is 1.08. The molecule has 106 valence electrons. The summed E-state index contributed by atoms with van der Waals surface area (Å²) < 4.78 is 17.7. The SMILES string of the molecule is NC(=O)CNCc1nc(CSc2ccc(F)cc2)no1. The summed E-state index contributed by atoms with van der Waals surface area (Å²) >= 11 is 1.48. The number of nitrogens with zero attached hydrogens (tertiary/aromatic N) is 2. The van der Waals surface area contributed by atoms with Crippen LogP contribution in [0, 0.1) is 5.82 Å². The molecule has 0 aliphatic carbocycles. The number of nitrogens with one attached hydrogen (secondary N) is 1. The Morgan fingerprint density at radius 1 is 1.40 bits per heavy atom. The molecule has 20 heavy (non-hydrogen) atoms. The van der Waals surface area contributed by atoms with E-state index in [1.165, 1.54) is 23.9 Å². The van der Waals surface area contributed by atoms with E-state index in [2.05, 4.69) is 15.5 Å². The number of primary amides is 1. The van der Waals surface area contributed by atoms with E-state index in [0.29, 0.717) is 17.5 Å². The van der Waals surface area contributed by atoms with Gasteiger partial charge < -0.3 is 10.3 Å². The fraction of sp³-hybridized carbons (Fsp3) is 0.250. The summed E-state index contributed by atoms with van der Waals surface area (Å²) in [4.78, 5) is 15.6. The maximum Gasteiger partial charge on any atom is 0.240 e. The first-order chi connectivity index (χ1) is 9.63. The fourth-order valence-electron chi connectivity index (χ4n) is 1.39.